The van der Waals surface area contributed by atoms with Crippen molar-refractivity contribution in [3.63, 3.8) is 0 Å². The lowest BCUT2D eigenvalue weighted by atomic mass is 9.96. The van der Waals surface area contributed by atoms with Gasteiger partial charge in [0.15, 0.2) is 0 Å². The molecule has 2 atom stereocenters. The lowest BCUT2D eigenvalue weighted by molar-refractivity contribution is -0.126. The van der Waals surface area contributed by atoms with Crippen LogP contribution in [-0.4, -0.2) is 50.0 Å². The Morgan fingerprint density at radius 3 is 2.58 bits per heavy atom. The van der Waals surface area contributed by atoms with Crippen LogP contribution in [0.3, 0.4) is 0 Å². The van der Waals surface area contributed by atoms with Gasteiger partial charge in [0.1, 0.15) is 0 Å². The number of fused-ring (bicyclic) bond motifs is 4. The number of carbonyl (C=O) groups is 2. The third-order valence-electron chi connectivity index (χ3n) is 4.53. The molecule has 3 heterocycles. The van der Waals surface area contributed by atoms with Crippen molar-refractivity contribution in [3.8, 4) is 0 Å². The molecule has 3 aliphatic rings. The number of hydrogen-bond acceptors (Lipinski definition) is 4. The molecule has 0 spiro atoms. The third kappa shape index (κ3) is 3.53. The first kappa shape index (κ1) is 16.8. The monoisotopic (exact) mass is 351 g/mol. The number of sulfonamides is 1. The van der Waals surface area contributed by atoms with Crippen molar-refractivity contribution in [2.75, 3.05) is 23.6 Å². The molecule has 0 unspecified atom stereocenters. The summed E-state index contributed by atoms with van der Waals surface area (Å²) in [6, 6.07) is 6.40. The summed E-state index contributed by atoms with van der Waals surface area (Å²) in [5.74, 6) is -0.242. The standard InChI is InChI=1S/C16H21N3O4S/c1-2-24(22,23)18-13-6-3-11(4-7-13)16(21)19-9-12-5-8-14(10-19)17-15(12)20/h3-4,6-7,12,14,18H,2,5,8-10H2,1H3,(H,17,20)/t12-,14+/m0/s1. The van der Waals surface area contributed by atoms with Crippen LogP contribution >= 0.6 is 0 Å². The first-order valence-corrected chi connectivity index (χ1v) is 9.73. The van der Waals surface area contributed by atoms with E-state index in [1.807, 2.05) is 0 Å². The van der Waals surface area contributed by atoms with Gasteiger partial charge in [-0.1, -0.05) is 0 Å². The summed E-state index contributed by atoms with van der Waals surface area (Å²) in [6.45, 7) is 2.51. The number of anilines is 1. The molecule has 8 heteroatoms. The average Bonchev–Trinajstić information content (AvgIpc) is 2.86. The van der Waals surface area contributed by atoms with Crippen LogP contribution in [0.15, 0.2) is 24.3 Å². The number of benzene rings is 1. The molecule has 0 aliphatic carbocycles. The molecule has 2 amide bonds. The fraction of sp³-hybridized carbons (Fsp3) is 0.500. The Morgan fingerprint density at radius 2 is 1.96 bits per heavy atom. The van der Waals surface area contributed by atoms with Crippen molar-refractivity contribution in [1.82, 2.24) is 10.2 Å². The zero-order valence-corrected chi connectivity index (χ0v) is 14.3. The Morgan fingerprint density at radius 1 is 1.25 bits per heavy atom. The van der Waals surface area contributed by atoms with Crippen LogP contribution in [0.1, 0.15) is 30.1 Å². The van der Waals surface area contributed by atoms with E-state index in [-0.39, 0.29) is 29.5 Å². The van der Waals surface area contributed by atoms with E-state index in [0.29, 0.717) is 24.3 Å². The van der Waals surface area contributed by atoms with Crippen molar-refractivity contribution >= 4 is 27.5 Å². The molecule has 0 saturated carbocycles. The highest BCUT2D eigenvalue weighted by Gasteiger charge is 2.36. The molecule has 2 N–H and O–H groups in total. The van der Waals surface area contributed by atoms with Gasteiger partial charge in [-0.15, -0.1) is 0 Å². The first-order chi connectivity index (χ1) is 11.4. The quantitative estimate of drug-likeness (QED) is 0.839. The molecule has 3 aliphatic heterocycles. The van der Waals surface area contributed by atoms with Crippen LogP contribution in [0.25, 0.3) is 0 Å². The van der Waals surface area contributed by atoms with Crippen molar-refractivity contribution in [2.45, 2.75) is 25.8 Å². The van der Waals surface area contributed by atoms with Crippen LogP contribution in [0.4, 0.5) is 5.69 Å². The fourth-order valence-electron chi connectivity index (χ4n) is 3.12. The molecule has 4 rings (SSSR count). The largest absolute Gasteiger partial charge is 0.351 e. The summed E-state index contributed by atoms with van der Waals surface area (Å²) in [6.07, 6.45) is 1.72. The second-order valence-electron chi connectivity index (χ2n) is 6.27. The predicted octanol–water partition coefficient (Wildman–Crippen LogP) is 0.799. The number of nitrogens with one attached hydrogen (secondary N) is 2. The predicted molar refractivity (Wildman–Crippen MR) is 90.1 cm³/mol. The average molecular weight is 351 g/mol. The second-order valence-corrected chi connectivity index (χ2v) is 8.28. The SMILES string of the molecule is CCS(=O)(=O)Nc1ccc(C(=O)N2C[C@H]3CC[C@@H](C2)C(=O)N3)cc1. The highest BCUT2D eigenvalue weighted by molar-refractivity contribution is 7.92. The summed E-state index contributed by atoms with van der Waals surface area (Å²) < 4.78 is 25.6. The van der Waals surface area contributed by atoms with E-state index >= 15 is 0 Å². The van der Waals surface area contributed by atoms with E-state index in [4.69, 9.17) is 0 Å². The molecule has 0 radical (unpaired) electrons. The van der Waals surface area contributed by atoms with Gasteiger partial charge in [0, 0.05) is 30.4 Å². The van der Waals surface area contributed by atoms with E-state index in [9.17, 15) is 18.0 Å². The Labute approximate surface area is 141 Å². The Hall–Kier alpha value is -2.09. The molecule has 2 bridgehead atoms. The van der Waals surface area contributed by atoms with Crippen molar-refractivity contribution in [1.29, 1.82) is 0 Å². The molecule has 3 saturated heterocycles. The molecule has 7 nitrogen and oxygen atoms in total. The molecule has 24 heavy (non-hydrogen) atoms. The van der Waals surface area contributed by atoms with Gasteiger partial charge in [-0.2, -0.15) is 0 Å². The number of amides is 2. The maximum Gasteiger partial charge on any atom is 0.253 e. The number of carbonyl (C=O) groups excluding carboxylic acids is 2. The van der Waals surface area contributed by atoms with Gasteiger partial charge in [0.25, 0.3) is 5.91 Å². The Balaban J connectivity index is 1.72. The first-order valence-electron chi connectivity index (χ1n) is 8.08. The van der Waals surface area contributed by atoms with Crippen LogP contribution in [0, 0.1) is 5.92 Å². The normalized spacial score (nSPS) is 23.5. The number of rotatable bonds is 4. The Bertz CT molecular complexity index is 745. The highest BCUT2D eigenvalue weighted by Crippen LogP contribution is 2.24. The minimum atomic E-state index is -3.33. The van der Waals surface area contributed by atoms with Crippen LogP contribution in [0.2, 0.25) is 0 Å². The van der Waals surface area contributed by atoms with Gasteiger partial charge in [0.05, 0.1) is 11.7 Å². The maximum atomic E-state index is 12.7. The van der Waals surface area contributed by atoms with Gasteiger partial charge in [-0.3, -0.25) is 14.3 Å². The van der Waals surface area contributed by atoms with E-state index in [0.717, 1.165) is 12.8 Å². The van der Waals surface area contributed by atoms with E-state index in [2.05, 4.69) is 10.0 Å². The molecule has 0 aromatic heterocycles. The minimum absolute atomic E-state index is 0.00867. The summed E-state index contributed by atoms with van der Waals surface area (Å²) in [5, 5.41) is 2.95. The maximum absolute atomic E-state index is 12.7. The molecule has 130 valence electrons. The van der Waals surface area contributed by atoms with E-state index < -0.39 is 10.0 Å². The number of hydrogen-bond donors (Lipinski definition) is 2. The van der Waals surface area contributed by atoms with Crippen molar-refractivity contribution in [3.05, 3.63) is 29.8 Å². The smallest absolute Gasteiger partial charge is 0.253 e. The van der Waals surface area contributed by atoms with E-state index in [1.54, 1.807) is 36.1 Å². The van der Waals surface area contributed by atoms with Crippen molar-refractivity contribution < 1.29 is 18.0 Å². The van der Waals surface area contributed by atoms with Gasteiger partial charge in [0.2, 0.25) is 15.9 Å². The van der Waals surface area contributed by atoms with E-state index in [1.165, 1.54) is 0 Å². The summed E-state index contributed by atoms with van der Waals surface area (Å²) >= 11 is 0. The third-order valence-corrected chi connectivity index (χ3v) is 5.84. The zero-order valence-electron chi connectivity index (χ0n) is 13.5. The van der Waals surface area contributed by atoms with Gasteiger partial charge < -0.3 is 10.2 Å². The van der Waals surface area contributed by atoms with Crippen LogP contribution in [0.5, 0.6) is 0 Å². The fourth-order valence-corrected chi connectivity index (χ4v) is 3.76. The second kappa shape index (κ2) is 6.43. The topological polar surface area (TPSA) is 95.6 Å². The van der Waals surface area contributed by atoms with Crippen molar-refractivity contribution in [2.24, 2.45) is 5.92 Å². The van der Waals surface area contributed by atoms with Gasteiger partial charge in [-0.05, 0) is 44.0 Å². The molecule has 1 aromatic rings. The lowest BCUT2D eigenvalue weighted by Gasteiger charge is -2.23. The van der Waals surface area contributed by atoms with Gasteiger partial charge in [-0.25, -0.2) is 8.42 Å². The van der Waals surface area contributed by atoms with Crippen LogP contribution in [-0.2, 0) is 14.8 Å². The molecular formula is C16H21N3O4S. The summed E-state index contributed by atoms with van der Waals surface area (Å²) in [7, 11) is -3.33. The van der Waals surface area contributed by atoms with Crippen LogP contribution < -0.4 is 10.0 Å². The molecular weight excluding hydrogens is 330 g/mol. The number of nitrogens with zero attached hydrogens (tertiary/aromatic N) is 1. The summed E-state index contributed by atoms with van der Waals surface area (Å²) in [5.41, 5.74) is 0.921. The lowest BCUT2D eigenvalue weighted by Crippen LogP contribution is -2.43. The zero-order chi connectivity index (χ0) is 17.3. The Kier molecular flexibility index (Phi) is 4.49. The minimum Gasteiger partial charge on any atom is -0.351 e. The van der Waals surface area contributed by atoms with Gasteiger partial charge >= 0.3 is 0 Å². The highest BCUT2D eigenvalue weighted by atomic mass is 32.2. The molecule has 1 aromatic carbocycles. The molecule has 3 fully saturated rings. The number of piperidine rings is 1. The summed E-state index contributed by atoms with van der Waals surface area (Å²) in [4.78, 5) is 26.3.